The molecule has 0 saturated heterocycles. The monoisotopic (exact) mass is 477 g/mol. The third-order valence-corrected chi connectivity index (χ3v) is 5.24. The van der Waals surface area contributed by atoms with Crippen molar-refractivity contribution in [2.45, 2.75) is 13.5 Å². The molecule has 1 N–H and O–H groups in total. The molecule has 8 heteroatoms. The van der Waals surface area contributed by atoms with Crippen LogP contribution in [-0.2, 0) is 11.3 Å². The van der Waals surface area contributed by atoms with Crippen LogP contribution in [0.15, 0.2) is 77.8 Å². The zero-order valence-corrected chi connectivity index (χ0v) is 18.4. The van der Waals surface area contributed by atoms with E-state index < -0.39 is 0 Å². The summed E-state index contributed by atoms with van der Waals surface area (Å²) in [6.45, 7) is 2.28. The first-order valence-electron chi connectivity index (χ1n) is 9.70. The SMILES string of the molecule is CC(=O)Nc1c(-c2ccccc2Br)cc(-c2ccccc2)nc1OCCn1cncn1. The number of nitrogens with one attached hydrogen (secondary N) is 1. The summed E-state index contributed by atoms with van der Waals surface area (Å²) >= 11 is 3.63. The van der Waals surface area contributed by atoms with Crippen LogP contribution < -0.4 is 10.1 Å². The Labute approximate surface area is 188 Å². The summed E-state index contributed by atoms with van der Waals surface area (Å²) < 4.78 is 8.62. The molecular formula is C23H20BrN5O2. The third kappa shape index (κ3) is 4.97. The second-order valence-corrected chi connectivity index (χ2v) is 7.62. The first-order valence-corrected chi connectivity index (χ1v) is 10.5. The fourth-order valence-electron chi connectivity index (χ4n) is 3.16. The second-order valence-electron chi connectivity index (χ2n) is 6.77. The minimum absolute atomic E-state index is 0.205. The molecule has 2 heterocycles. The van der Waals surface area contributed by atoms with Crippen LogP contribution in [-0.4, -0.2) is 32.3 Å². The van der Waals surface area contributed by atoms with Gasteiger partial charge in [0.15, 0.2) is 0 Å². The average molecular weight is 478 g/mol. The Morgan fingerprint density at radius 2 is 1.87 bits per heavy atom. The Morgan fingerprint density at radius 1 is 1.10 bits per heavy atom. The van der Waals surface area contributed by atoms with Crippen LogP contribution in [0.5, 0.6) is 5.88 Å². The van der Waals surface area contributed by atoms with E-state index in [1.165, 1.54) is 13.3 Å². The van der Waals surface area contributed by atoms with E-state index >= 15 is 0 Å². The van der Waals surface area contributed by atoms with E-state index in [0.29, 0.717) is 24.7 Å². The summed E-state index contributed by atoms with van der Waals surface area (Å²) in [5, 5.41) is 7.00. The summed E-state index contributed by atoms with van der Waals surface area (Å²) in [6.07, 6.45) is 3.10. The van der Waals surface area contributed by atoms with Crippen LogP contribution in [0.25, 0.3) is 22.4 Å². The summed E-state index contributed by atoms with van der Waals surface area (Å²) in [6, 6.07) is 19.7. The van der Waals surface area contributed by atoms with Crippen molar-refractivity contribution in [1.29, 1.82) is 0 Å². The molecule has 2 aromatic carbocycles. The highest BCUT2D eigenvalue weighted by Gasteiger charge is 2.19. The summed E-state index contributed by atoms with van der Waals surface area (Å²) in [5.74, 6) is 0.145. The van der Waals surface area contributed by atoms with Crippen LogP contribution in [0.2, 0.25) is 0 Å². The minimum Gasteiger partial charge on any atom is -0.474 e. The van der Waals surface area contributed by atoms with Crippen molar-refractivity contribution < 1.29 is 9.53 Å². The number of ether oxygens (including phenoxy) is 1. The zero-order chi connectivity index (χ0) is 21.6. The van der Waals surface area contributed by atoms with E-state index in [9.17, 15) is 4.79 Å². The van der Waals surface area contributed by atoms with Gasteiger partial charge in [-0.2, -0.15) is 5.10 Å². The van der Waals surface area contributed by atoms with Crippen LogP contribution in [0, 0.1) is 0 Å². The molecule has 4 rings (SSSR count). The van der Waals surface area contributed by atoms with E-state index in [-0.39, 0.29) is 5.91 Å². The molecule has 7 nitrogen and oxygen atoms in total. The largest absolute Gasteiger partial charge is 0.474 e. The maximum absolute atomic E-state index is 12.0. The Kier molecular flexibility index (Phi) is 6.37. The molecule has 0 bridgehead atoms. The predicted molar refractivity (Wildman–Crippen MR) is 123 cm³/mol. The lowest BCUT2D eigenvalue weighted by atomic mass is 10.0. The lowest BCUT2D eigenvalue weighted by molar-refractivity contribution is -0.114. The number of hydrogen-bond acceptors (Lipinski definition) is 5. The number of hydrogen-bond donors (Lipinski definition) is 1. The van der Waals surface area contributed by atoms with E-state index in [2.05, 4.69) is 31.3 Å². The number of amides is 1. The highest BCUT2D eigenvalue weighted by molar-refractivity contribution is 9.10. The lowest BCUT2D eigenvalue weighted by Gasteiger charge is -2.18. The molecule has 2 aromatic heterocycles. The van der Waals surface area contributed by atoms with Gasteiger partial charge < -0.3 is 10.1 Å². The van der Waals surface area contributed by atoms with Crippen LogP contribution in [0.3, 0.4) is 0 Å². The highest BCUT2D eigenvalue weighted by atomic mass is 79.9. The fraction of sp³-hybridized carbons (Fsp3) is 0.130. The fourth-order valence-corrected chi connectivity index (χ4v) is 3.65. The molecule has 0 atom stereocenters. The number of aromatic nitrogens is 4. The van der Waals surface area contributed by atoms with Crippen LogP contribution >= 0.6 is 15.9 Å². The standard InChI is InChI=1S/C23H20BrN5O2/c1-16(30)27-22-19(18-9-5-6-10-20(18)24)13-21(17-7-3-2-4-8-17)28-23(22)31-12-11-29-15-25-14-26-29/h2-10,13-15H,11-12H2,1H3,(H,27,30). The Bertz CT molecular complexity index is 1180. The first-order chi connectivity index (χ1) is 15.1. The van der Waals surface area contributed by atoms with Gasteiger partial charge >= 0.3 is 0 Å². The highest BCUT2D eigenvalue weighted by Crippen LogP contribution is 2.40. The Balaban J connectivity index is 1.82. The second kappa shape index (κ2) is 9.53. The Hall–Kier alpha value is -3.52. The molecule has 0 aliphatic rings. The number of halogens is 1. The van der Waals surface area contributed by atoms with Crippen LogP contribution in [0.4, 0.5) is 5.69 Å². The van der Waals surface area contributed by atoms with E-state index in [1.807, 2.05) is 60.7 Å². The van der Waals surface area contributed by atoms with Gasteiger partial charge in [0.25, 0.3) is 0 Å². The summed E-state index contributed by atoms with van der Waals surface area (Å²) in [5.41, 5.74) is 3.96. The first kappa shape index (κ1) is 20.7. The van der Waals surface area contributed by atoms with Crippen molar-refractivity contribution in [3.63, 3.8) is 0 Å². The molecule has 0 unspecified atom stereocenters. The number of carbonyl (C=O) groups excluding carboxylic acids is 1. The normalized spacial score (nSPS) is 10.6. The van der Waals surface area contributed by atoms with Gasteiger partial charge in [0.1, 0.15) is 24.9 Å². The Morgan fingerprint density at radius 3 is 2.58 bits per heavy atom. The molecule has 0 aliphatic carbocycles. The topological polar surface area (TPSA) is 81.9 Å². The van der Waals surface area contributed by atoms with Gasteiger partial charge in [-0.25, -0.2) is 14.6 Å². The van der Waals surface area contributed by atoms with Gasteiger partial charge in [-0.1, -0.05) is 64.5 Å². The van der Waals surface area contributed by atoms with Gasteiger partial charge in [-0.3, -0.25) is 4.79 Å². The van der Waals surface area contributed by atoms with Crippen molar-refractivity contribution >= 4 is 27.5 Å². The molecule has 156 valence electrons. The molecule has 0 spiro atoms. The van der Waals surface area contributed by atoms with E-state index in [0.717, 1.165) is 26.9 Å². The van der Waals surface area contributed by atoms with Crippen molar-refractivity contribution in [2.75, 3.05) is 11.9 Å². The maximum Gasteiger partial charge on any atom is 0.239 e. The van der Waals surface area contributed by atoms with Gasteiger partial charge in [0, 0.05) is 22.5 Å². The lowest BCUT2D eigenvalue weighted by Crippen LogP contribution is -2.14. The number of anilines is 1. The van der Waals surface area contributed by atoms with Gasteiger partial charge in [-0.15, -0.1) is 0 Å². The van der Waals surface area contributed by atoms with Gasteiger partial charge in [-0.05, 0) is 17.7 Å². The predicted octanol–water partition coefficient (Wildman–Crippen LogP) is 4.81. The smallest absolute Gasteiger partial charge is 0.239 e. The summed E-state index contributed by atoms with van der Waals surface area (Å²) in [7, 11) is 0. The quantitative estimate of drug-likeness (QED) is 0.413. The average Bonchev–Trinajstić information content (AvgIpc) is 3.29. The number of rotatable bonds is 7. The van der Waals surface area contributed by atoms with Crippen molar-refractivity contribution in [3.05, 3.63) is 77.8 Å². The number of pyridine rings is 1. The number of carbonyl (C=O) groups is 1. The van der Waals surface area contributed by atoms with E-state index in [4.69, 9.17) is 9.72 Å². The third-order valence-electron chi connectivity index (χ3n) is 4.55. The molecule has 1 amide bonds. The van der Waals surface area contributed by atoms with Crippen LogP contribution in [0.1, 0.15) is 6.92 Å². The molecule has 0 saturated carbocycles. The summed E-state index contributed by atoms with van der Waals surface area (Å²) in [4.78, 5) is 20.7. The van der Waals surface area contributed by atoms with Gasteiger partial charge in [0.2, 0.25) is 11.8 Å². The van der Waals surface area contributed by atoms with Crippen molar-refractivity contribution in [1.82, 2.24) is 19.7 Å². The minimum atomic E-state index is -0.205. The number of benzene rings is 2. The molecule has 4 aromatic rings. The van der Waals surface area contributed by atoms with Crippen molar-refractivity contribution in [2.24, 2.45) is 0 Å². The molecule has 0 aliphatic heterocycles. The van der Waals surface area contributed by atoms with Crippen molar-refractivity contribution in [3.8, 4) is 28.3 Å². The zero-order valence-electron chi connectivity index (χ0n) is 16.8. The van der Waals surface area contributed by atoms with E-state index in [1.54, 1.807) is 11.0 Å². The van der Waals surface area contributed by atoms with Gasteiger partial charge in [0.05, 0.1) is 12.2 Å². The maximum atomic E-state index is 12.0. The molecule has 0 radical (unpaired) electrons. The number of nitrogens with zero attached hydrogens (tertiary/aromatic N) is 4. The molecular weight excluding hydrogens is 458 g/mol. The molecule has 0 fully saturated rings. The molecule has 31 heavy (non-hydrogen) atoms.